The van der Waals surface area contributed by atoms with Crippen LogP contribution in [-0.2, 0) is 10.0 Å². The van der Waals surface area contributed by atoms with Crippen LogP contribution in [0, 0.1) is 5.92 Å². The monoisotopic (exact) mass is 378 g/mol. The summed E-state index contributed by atoms with van der Waals surface area (Å²) < 4.78 is 27.6. The highest BCUT2D eigenvalue weighted by Crippen LogP contribution is 2.32. The molecule has 0 bridgehead atoms. The minimum atomic E-state index is -3.81. The number of nitrogens with one attached hydrogen (secondary N) is 2. The second kappa shape index (κ2) is 7.06. The van der Waals surface area contributed by atoms with Crippen molar-refractivity contribution >= 4 is 33.2 Å². The minimum absolute atomic E-state index is 0.0270. The van der Waals surface area contributed by atoms with Gasteiger partial charge in [0.1, 0.15) is 0 Å². The van der Waals surface area contributed by atoms with Gasteiger partial charge in [0.15, 0.2) is 0 Å². The van der Waals surface area contributed by atoms with Crippen molar-refractivity contribution in [3.63, 3.8) is 0 Å². The van der Waals surface area contributed by atoms with Gasteiger partial charge in [0.05, 0.1) is 10.6 Å². The number of hydrogen-bond acceptors (Lipinski definition) is 3. The first-order chi connectivity index (χ1) is 11.8. The summed E-state index contributed by atoms with van der Waals surface area (Å²) in [6, 6.07) is 12.5. The molecule has 0 saturated heterocycles. The molecule has 0 spiro atoms. The van der Waals surface area contributed by atoms with E-state index >= 15 is 0 Å². The molecule has 25 heavy (non-hydrogen) atoms. The minimum Gasteiger partial charge on any atom is -0.349 e. The number of halogens is 1. The van der Waals surface area contributed by atoms with Gasteiger partial charge in [0.25, 0.3) is 15.9 Å². The molecule has 0 aliphatic heterocycles. The average molecular weight is 379 g/mol. The Morgan fingerprint density at radius 3 is 2.56 bits per heavy atom. The van der Waals surface area contributed by atoms with E-state index in [0.717, 1.165) is 12.8 Å². The number of carbonyl (C=O) groups is 1. The zero-order valence-corrected chi connectivity index (χ0v) is 15.3. The summed E-state index contributed by atoms with van der Waals surface area (Å²) in [4.78, 5) is 12.4. The van der Waals surface area contributed by atoms with E-state index in [9.17, 15) is 13.2 Å². The highest BCUT2D eigenvalue weighted by atomic mass is 35.5. The van der Waals surface area contributed by atoms with Crippen LogP contribution in [0.15, 0.2) is 53.4 Å². The van der Waals surface area contributed by atoms with Crippen LogP contribution in [0.25, 0.3) is 0 Å². The molecule has 7 heteroatoms. The Morgan fingerprint density at radius 2 is 1.88 bits per heavy atom. The van der Waals surface area contributed by atoms with E-state index in [4.69, 9.17) is 11.6 Å². The van der Waals surface area contributed by atoms with Crippen molar-refractivity contribution < 1.29 is 13.2 Å². The topological polar surface area (TPSA) is 75.3 Å². The van der Waals surface area contributed by atoms with Gasteiger partial charge in [0.2, 0.25) is 0 Å². The molecule has 1 fully saturated rings. The third-order valence-corrected chi connectivity index (χ3v) is 5.79. The maximum absolute atomic E-state index is 12.5. The van der Waals surface area contributed by atoms with Gasteiger partial charge < -0.3 is 5.32 Å². The van der Waals surface area contributed by atoms with E-state index in [1.165, 1.54) is 18.2 Å². The van der Waals surface area contributed by atoms with Crippen molar-refractivity contribution in [2.45, 2.75) is 30.7 Å². The summed E-state index contributed by atoms with van der Waals surface area (Å²) in [6.07, 6.45) is 2.25. The van der Waals surface area contributed by atoms with Crippen LogP contribution in [0.4, 0.5) is 5.69 Å². The van der Waals surface area contributed by atoms with Crippen LogP contribution in [0.2, 0.25) is 5.02 Å². The molecular formula is C18H19ClN2O3S. The van der Waals surface area contributed by atoms with Gasteiger partial charge in [-0.1, -0.05) is 23.7 Å². The average Bonchev–Trinajstić information content (AvgIpc) is 3.39. The van der Waals surface area contributed by atoms with Crippen molar-refractivity contribution in [2.24, 2.45) is 5.92 Å². The van der Waals surface area contributed by atoms with Gasteiger partial charge in [-0.15, -0.1) is 0 Å². The predicted octanol–water partition coefficient (Wildman–Crippen LogP) is 3.67. The Morgan fingerprint density at radius 1 is 1.16 bits per heavy atom. The lowest BCUT2D eigenvalue weighted by atomic mass is 10.1. The molecule has 132 valence electrons. The van der Waals surface area contributed by atoms with Crippen molar-refractivity contribution in [1.82, 2.24) is 5.32 Å². The van der Waals surface area contributed by atoms with Crippen molar-refractivity contribution in [1.29, 1.82) is 0 Å². The van der Waals surface area contributed by atoms with E-state index in [1.54, 1.807) is 30.3 Å². The summed E-state index contributed by atoms with van der Waals surface area (Å²) in [6.45, 7) is 1.97. The molecule has 1 aliphatic rings. The molecule has 0 radical (unpaired) electrons. The first-order valence-electron chi connectivity index (χ1n) is 8.04. The number of benzene rings is 2. The predicted molar refractivity (Wildman–Crippen MR) is 98.4 cm³/mol. The van der Waals surface area contributed by atoms with Crippen molar-refractivity contribution in [2.75, 3.05) is 4.72 Å². The van der Waals surface area contributed by atoms with Gasteiger partial charge in [-0.05, 0) is 62.1 Å². The lowest BCUT2D eigenvalue weighted by Crippen LogP contribution is -2.34. The highest BCUT2D eigenvalue weighted by Gasteiger charge is 2.29. The SMILES string of the molecule is CC(NC(=O)c1cccc(S(=O)(=O)Nc2cccc(Cl)c2)c1)C1CC1. The Labute approximate surface area is 152 Å². The third kappa shape index (κ3) is 4.52. The lowest BCUT2D eigenvalue weighted by molar-refractivity contribution is 0.0935. The molecule has 0 heterocycles. The maximum Gasteiger partial charge on any atom is 0.261 e. The number of hydrogen-bond donors (Lipinski definition) is 2. The van der Waals surface area contributed by atoms with Crippen LogP contribution in [-0.4, -0.2) is 20.4 Å². The van der Waals surface area contributed by atoms with Gasteiger partial charge >= 0.3 is 0 Å². The normalized spacial score (nSPS) is 15.4. The van der Waals surface area contributed by atoms with Crippen molar-refractivity contribution in [3.8, 4) is 0 Å². The van der Waals surface area contributed by atoms with E-state index in [1.807, 2.05) is 6.92 Å². The number of amides is 1. The maximum atomic E-state index is 12.5. The number of sulfonamides is 1. The molecular weight excluding hydrogens is 360 g/mol. The number of carbonyl (C=O) groups excluding carboxylic acids is 1. The molecule has 1 amide bonds. The molecule has 5 nitrogen and oxygen atoms in total. The van der Waals surface area contributed by atoms with Crippen molar-refractivity contribution in [3.05, 3.63) is 59.1 Å². The third-order valence-electron chi connectivity index (χ3n) is 4.17. The zero-order valence-electron chi connectivity index (χ0n) is 13.7. The second-order valence-electron chi connectivity index (χ2n) is 6.24. The standard InChI is InChI=1S/C18H19ClN2O3S/c1-12(13-8-9-13)20-18(22)14-4-2-7-17(10-14)25(23,24)21-16-6-3-5-15(19)11-16/h2-7,10-13,21H,8-9H2,1H3,(H,20,22). The summed E-state index contributed by atoms with van der Waals surface area (Å²) in [5, 5.41) is 3.36. The number of anilines is 1. The molecule has 3 rings (SSSR count). The fourth-order valence-corrected chi connectivity index (χ4v) is 3.86. The fourth-order valence-electron chi connectivity index (χ4n) is 2.57. The Balaban J connectivity index is 1.78. The van der Waals surface area contributed by atoms with Gasteiger partial charge in [-0.3, -0.25) is 9.52 Å². The molecule has 0 aromatic heterocycles. The van der Waals surface area contributed by atoms with E-state index < -0.39 is 10.0 Å². The summed E-state index contributed by atoms with van der Waals surface area (Å²) in [5.74, 6) is 0.263. The summed E-state index contributed by atoms with van der Waals surface area (Å²) in [5.41, 5.74) is 0.686. The lowest BCUT2D eigenvalue weighted by Gasteiger charge is -2.13. The van der Waals surface area contributed by atoms with E-state index in [0.29, 0.717) is 22.2 Å². The van der Waals surface area contributed by atoms with E-state index in [2.05, 4.69) is 10.0 Å². The summed E-state index contributed by atoms with van der Waals surface area (Å²) in [7, 11) is -3.81. The van der Waals surface area contributed by atoms with Crippen LogP contribution in [0.3, 0.4) is 0 Å². The molecule has 1 atom stereocenters. The molecule has 2 N–H and O–H groups in total. The van der Waals surface area contributed by atoms with Crippen LogP contribution in [0.1, 0.15) is 30.1 Å². The Kier molecular flexibility index (Phi) is 5.01. The van der Waals surface area contributed by atoms with Gasteiger partial charge in [-0.25, -0.2) is 8.42 Å². The van der Waals surface area contributed by atoms with E-state index in [-0.39, 0.29) is 16.8 Å². The van der Waals surface area contributed by atoms with Gasteiger partial charge in [0, 0.05) is 16.6 Å². The van der Waals surface area contributed by atoms with Crippen LogP contribution in [0.5, 0.6) is 0 Å². The highest BCUT2D eigenvalue weighted by molar-refractivity contribution is 7.92. The second-order valence-corrected chi connectivity index (χ2v) is 8.36. The first-order valence-corrected chi connectivity index (χ1v) is 9.90. The fraction of sp³-hybridized carbons (Fsp3) is 0.278. The first kappa shape index (κ1) is 17.8. The van der Waals surface area contributed by atoms with Gasteiger partial charge in [-0.2, -0.15) is 0 Å². The number of rotatable bonds is 6. The zero-order chi connectivity index (χ0) is 18.0. The Bertz CT molecular complexity index is 895. The molecule has 1 saturated carbocycles. The molecule has 2 aromatic rings. The van der Waals surface area contributed by atoms with Crippen LogP contribution < -0.4 is 10.0 Å². The van der Waals surface area contributed by atoms with Crippen LogP contribution >= 0.6 is 11.6 Å². The largest absolute Gasteiger partial charge is 0.349 e. The molecule has 1 unspecified atom stereocenters. The Hall–Kier alpha value is -2.05. The quantitative estimate of drug-likeness (QED) is 0.805. The molecule has 2 aromatic carbocycles. The summed E-state index contributed by atoms with van der Waals surface area (Å²) >= 11 is 5.88. The molecule has 1 aliphatic carbocycles. The smallest absolute Gasteiger partial charge is 0.261 e.